The molecular weight excluding hydrogens is 496 g/mol. The summed E-state index contributed by atoms with van der Waals surface area (Å²) >= 11 is 0.830. The Morgan fingerprint density at radius 1 is 1.03 bits per heavy atom. The van der Waals surface area contributed by atoms with Crippen molar-refractivity contribution in [3.8, 4) is 11.5 Å². The number of nitrogens with zero attached hydrogens (tertiary/aromatic N) is 3. The second-order valence-electron chi connectivity index (χ2n) is 8.13. The minimum Gasteiger partial charge on any atom is -0.493 e. The third kappa shape index (κ3) is 5.36. The maximum Gasteiger partial charge on any atom is 0.293 e. The van der Waals surface area contributed by atoms with E-state index in [1.165, 1.54) is 18.9 Å². The Kier molecular flexibility index (Phi) is 7.92. The topological polar surface area (TPSA) is 120 Å². The monoisotopic (exact) mass is 522 g/mol. The van der Waals surface area contributed by atoms with E-state index in [4.69, 9.17) is 9.47 Å². The first-order valence-electron chi connectivity index (χ1n) is 11.6. The van der Waals surface area contributed by atoms with Crippen LogP contribution in [0.15, 0.2) is 52.2 Å². The van der Waals surface area contributed by atoms with E-state index in [-0.39, 0.29) is 29.2 Å². The van der Waals surface area contributed by atoms with Gasteiger partial charge in [-0.2, -0.15) is 5.10 Å². The van der Waals surface area contributed by atoms with Crippen molar-refractivity contribution in [1.29, 1.82) is 0 Å². The number of nitrogens with one attached hydrogen (secondary N) is 1. The van der Waals surface area contributed by atoms with E-state index in [1.54, 1.807) is 48.5 Å². The van der Waals surface area contributed by atoms with Crippen molar-refractivity contribution >= 4 is 45.7 Å². The largest absolute Gasteiger partial charge is 0.493 e. The molecule has 0 atom stereocenters. The van der Waals surface area contributed by atoms with Crippen LogP contribution in [0.5, 0.6) is 11.5 Å². The summed E-state index contributed by atoms with van der Waals surface area (Å²) in [6.45, 7) is 2.32. The Hall–Kier alpha value is -4.12. The van der Waals surface area contributed by atoms with Gasteiger partial charge in [0.05, 0.1) is 24.5 Å². The number of imide groups is 1. The molecule has 192 valence electrons. The van der Waals surface area contributed by atoms with Crippen molar-refractivity contribution in [1.82, 2.24) is 20.0 Å². The number of thioether (sulfide) groups is 1. The van der Waals surface area contributed by atoms with E-state index in [0.29, 0.717) is 40.8 Å². The number of rotatable bonds is 9. The highest BCUT2D eigenvalue weighted by atomic mass is 32.2. The van der Waals surface area contributed by atoms with Crippen molar-refractivity contribution in [3.05, 3.63) is 69.0 Å². The number of amides is 3. The second-order valence-corrected chi connectivity index (χ2v) is 9.12. The molecule has 3 amide bonds. The third-order valence-electron chi connectivity index (χ3n) is 5.72. The fraction of sp³-hybridized carbons (Fsp3) is 0.269. The molecule has 0 aliphatic carbocycles. The maximum atomic E-state index is 13.0. The molecule has 1 saturated heterocycles. The van der Waals surface area contributed by atoms with E-state index in [9.17, 15) is 19.2 Å². The van der Waals surface area contributed by atoms with Gasteiger partial charge in [0, 0.05) is 25.0 Å². The molecule has 11 heteroatoms. The first kappa shape index (κ1) is 26.0. The molecule has 1 aliphatic rings. The lowest BCUT2D eigenvalue weighted by atomic mass is 10.1. The van der Waals surface area contributed by atoms with Gasteiger partial charge in [-0.1, -0.05) is 31.2 Å². The van der Waals surface area contributed by atoms with Crippen molar-refractivity contribution < 1.29 is 23.9 Å². The van der Waals surface area contributed by atoms with Crippen molar-refractivity contribution in [2.24, 2.45) is 0 Å². The summed E-state index contributed by atoms with van der Waals surface area (Å²) in [7, 11) is 3.04. The van der Waals surface area contributed by atoms with Crippen LogP contribution in [0, 0.1) is 0 Å². The lowest BCUT2D eigenvalue weighted by Crippen LogP contribution is -2.38. The van der Waals surface area contributed by atoms with E-state index in [1.807, 2.05) is 6.92 Å². The van der Waals surface area contributed by atoms with E-state index in [0.717, 1.165) is 16.7 Å². The Bertz CT molecular complexity index is 1470. The van der Waals surface area contributed by atoms with Crippen molar-refractivity contribution in [2.45, 2.75) is 19.9 Å². The molecule has 1 fully saturated rings. The number of hydrogen-bond acceptors (Lipinski definition) is 8. The molecule has 1 N–H and O–H groups in total. The molecule has 0 bridgehead atoms. The number of fused-ring (bicyclic) bond motifs is 1. The van der Waals surface area contributed by atoms with Gasteiger partial charge in [-0.25, -0.2) is 4.68 Å². The maximum absolute atomic E-state index is 13.0. The molecule has 2 aromatic carbocycles. The van der Waals surface area contributed by atoms with Crippen LogP contribution < -0.4 is 20.3 Å². The highest BCUT2D eigenvalue weighted by Gasteiger charge is 2.34. The van der Waals surface area contributed by atoms with Gasteiger partial charge in [0.15, 0.2) is 17.2 Å². The average molecular weight is 523 g/mol. The van der Waals surface area contributed by atoms with E-state index in [2.05, 4.69) is 10.4 Å². The lowest BCUT2D eigenvalue weighted by molar-refractivity contribution is -0.122. The zero-order chi connectivity index (χ0) is 26.5. The second kappa shape index (κ2) is 11.3. The number of aromatic nitrogens is 2. The molecule has 0 spiro atoms. The van der Waals surface area contributed by atoms with Crippen LogP contribution in [0.1, 0.15) is 29.4 Å². The minimum atomic E-state index is -0.492. The highest BCUT2D eigenvalue weighted by Crippen LogP contribution is 2.34. The number of aryl methyl sites for hydroxylation is 1. The van der Waals surface area contributed by atoms with Gasteiger partial charge < -0.3 is 14.8 Å². The smallest absolute Gasteiger partial charge is 0.293 e. The van der Waals surface area contributed by atoms with Gasteiger partial charge >= 0.3 is 0 Å². The summed E-state index contributed by atoms with van der Waals surface area (Å²) < 4.78 is 11.8. The molecule has 0 saturated carbocycles. The van der Waals surface area contributed by atoms with E-state index < -0.39 is 17.1 Å². The molecule has 37 heavy (non-hydrogen) atoms. The molecule has 3 aromatic rings. The summed E-state index contributed by atoms with van der Waals surface area (Å²) in [5, 5.41) is 7.41. The summed E-state index contributed by atoms with van der Waals surface area (Å²) in [6, 6.07) is 12.0. The van der Waals surface area contributed by atoms with Crippen LogP contribution in [0.4, 0.5) is 4.79 Å². The van der Waals surface area contributed by atoms with E-state index >= 15 is 0 Å². The number of hydrogen-bond donors (Lipinski definition) is 1. The first-order valence-corrected chi connectivity index (χ1v) is 12.4. The molecule has 1 aromatic heterocycles. The summed E-state index contributed by atoms with van der Waals surface area (Å²) in [5.74, 6) is 0.119. The number of ether oxygens (including phenoxy) is 2. The van der Waals surface area contributed by atoms with Crippen molar-refractivity contribution in [3.63, 3.8) is 0 Å². The molecular formula is C26H26N4O6S. The van der Waals surface area contributed by atoms with Crippen LogP contribution in [0.2, 0.25) is 0 Å². The normalized spacial score (nSPS) is 14.5. The summed E-state index contributed by atoms with van der Waals surface area (Å²) in [4.78, 5) is 52.3. The first-order chi connectivity index (χ1) is 17.9. The van der Waals surface area contributed by atoms with Gasteiger partial charge in [0.25, 0.3) is 22.6 Å². The van der Waals surface area contributed by atoms with Crippen LogP contribution in [-0.4, -0.2) is 59.0 Å². The zero-order valence-corrected chi connectivity index (χ0v) is 21.5. The van der Waals surface area contributed by atoms with Crippen LogP contribution in [0.3, 0.4) is 0 Å². The van der Waals surface area contributed by atoms with Crippen molar-refractivity contribution in [2.75, 3.05) is 27.3 Å². The Labute approximate surface area is 217 Å². The molecule has 4 rings (SSSR count). The summed E-state index contributed by atoms with van der Waals surface area (Å²) in [5.41, 5.74) is 0.538. The molecule has 10 nitrogen and oxygen atoms in total. The minimum absolute atomic E-state index is 0.00773. The van der Waals surface area contributed by atoms with Gasteiger partial charge in [0.2, 0.25) is 0 Å². The molecule has 0 unspecified atom stereocenters. The number of carbonyl (C=O) groups excluding carboxylic acids is 3. The van der Waals surface area contributed by atoms with Crippen LogP contribution in [-0.2, 0) is 11.3 Å². The quantitative estimate of drug-likeness (QED) is 0.425. The molecule has 1 aliphatic heterocycles. The average Bonchev–Trinajstić information content (AvgIpc) is 3.17. The Morgan fingerprint density at radius 3 is 2.46 bits per heavy atom. The molecule has 0 radical (unpaired) electrons. The fourth-order valence-corrected chi connectivity index (χ4v) is 4.78. The number of methoxy groups -OCH3 is 2. The number of carbonyl (C=O) groups is 3. The summed E-state index contributed by atoms with van der Waals surface area (Å²) in [6.07, 6.45) is 2.29. The lowest BCUT2D eigenvalue weighted by Gasteiger charge is -2.14. The van der Waals surface area contributed by atoms with Gasteiger partial charge in [-0.3, -0.25) is 24.1 Å². The SMILES string of the molecule is CCCn1nc(C(=O)NCCN2C(=O)SC(=Cc3ccc(OC)c(OC)c3)C2=O)c2ccccc2c1=O. The van der Waals surface area contributed by atoms with Crippen LogP contribution in [0.25, 0.3) is 16.8 Å². The Balaban J connectivity index is 1.46. The predicted octanol–water partition coefficient (Wildman–Crippen LogP) is 3.29. The van der Waals surface area contributed by atoms with Gasteiger partial charge in [0.1, 0.15) is 0 Å². The third-order valence-corrected chi connectivity index (χ3v) is 6.63. The zero-order valence-electron chi connectivity index (χ0n) is 20.6. The highest BCUT2D eigenvalue weighted by molar-refractivity contribution is 8.18. The fourth-order valence-electron chi connectivity index (χ4n) is 3.92. The van der Waals surface area contributed by atoms with Crippen LogP contribution >= 0.6 is 11.8 Å². The Morgan fingerprint density at radius 2 is 1.76 bits per heavy atom. The standard InChI is InChI=1S/C26H26N4O6S/c1-4-12-30-24(32)18-8-6-5-7-17(18)22(28-30)23(31)27-11-13-29-25(33)21(37-26(29)34)15-16-9-10-19(35-2)20(14-16)36-3/h5-10,14-15H,4,11-13H2,1-3H3,(H,27,31). The molecule has 2 heterocycles. The number of benzene rings is 2. The van der Waals surface area contributed by atoms with Gasteiger partial charge in [-0.15, -0.1) is 0 Å². The predicted molar refractivity (Wildman–Crippen MR) is 141 cm³/mol. The van der Waals surface area contributed by atoms with Gasteiger partial charge in [-0.05, 0) is 48.0 Å².